The maximum atomic E-state index is 12.4. The van der Waals surface area contributed by atoms with Crippen molar-refractivity contribution in [3.63, 3.8) is 0 Å². The van der Waals surface area contributed by atoms with Crippen LogP contribution in [0.5, 0.6) is 0 Å². The van der Waals surface area contributed by atoms with Crippen LogP contribution in [0.3, 0.4) is 0 Å². The molecule has 0 saturated carbocycles. The fraction of sp³-hybridized carbons (Fsp3) is 0.294. The molecule has 0 amide bonds. The number of methoxy groups -OCH3 is 1. The number of fused-ring (bicyclic) bond motifs is 1. The number of esters is 1. The Hall–Kier alpha value is -2.56. The van der Waals surface area contributed by atoms with Crippen molar-refractivity contribution in [1.29, 1.82) is 0 Å². The van der Waals surface area contributed by atoms with Crippen LogP contribution in [0.2, 0.25) is 0 Å². The molecular weight excluding hydrogens is 282 g/mol. The third kappa shape index (κ3) is 3.75. The van der Waals surface area contributed by atoms with Crippen molar-refractivity contribution < 1.29 is 14.3 Å². The molecular formula is C17H17NO4. The van der Waals surface area contributed by atoms with Crippen molar-refractivity contribution in [2.75, 3.05) is 7.11 Å². The summed E-state index contributed by atoms with van der Waals surface area (Å²) < 4.78 is 4.53. The largest absolute Gasteiger partial charge is 0.469 e. The van der Waals surface area contributed by atoms with Gasteiger partial charge in [-0.2, -0.15) is 4.91 Å². The van der Waals surface area contributed by atoms with E-state index in [4.69, 9.17) is 0 Å². The summed E-state index contributed by atoms with van der Waals surface area (Å²) in [6.07, 6.45) is 0.806. The molecule has 0 aliphatic carbocycles. The molecule has 0 radical (unpaired) electrons. The van der Waals surface area contributed by atoms with Gasteiger partial charge in [0.1, 0.15) is 0 Å². The number of carbonyl (C=O) groups is 2. The second-order valence-electron chi connectivity index (χ2n) is 5.02. The van der Waals surface area contributed by atoms with E-state index in [2.05, 4.69) is 9.91 Å². The minimum Gasteiger partial charge on any atom is -0.469 e. The predicted octanol–water partition coefficient (Wildman–Crippen LogP) is 3.50. The third-order valence-electron chi connectivity index (χ3n) is 3.55. The molecule has 0 bridgehead atoms. The lowest BCUT2D eigenvalue weighted by Gasteiger charge is -2.08. The molecule has 0 aliphatic rings. The molecule has 2 aromatic carbocycles. The summed E-state index contributed by atoms with van der Waals surface area (Å²) in [7, 11) is 1.30. The number of hydrogen-bond acceptors (Lipinski definition) is 5. The average molecular weight is 299 g/mol. The molecule has 1 unspecified atom stereocenters. The molecule has 5 nitrogen and oxygen atoms in total. The molecule has 0 spiro atoms. The molecule has 1 atom stereocenters. The van der Waals surface area contributed by atoms with Crippen LogP contribution >= 0.6 is 0 Å². The van der Waals surface area contributed by atoms with E-state index in [1.165, 1.54) is 7.11 Å². The quantitative estimate of drug-likeness (QED) is 0.445. The first-order valence-corrected chi connectivity index (χ1v) is 7.08. The highest BCUT2D eigenvalue weighted by atomic mass is 16.5. The second-order valence-corrected chi connectivity index (χ2v) is 5.02. The van der Waals surface area contributed by atoms with Gasteiger partial charge in [-0.1, -0.05) is 41.6 Å². The number of ether oxygens (including phenoxy) is 1. The number of rotatable bonds is 7. The van der Waals surface area contributed by atoms with Crippen molar-refractivity contribution in [2.45, 2.75) is 25.3 Å². The van der Waals surface area contributed by atoms with Crippen molar-refractivity contribution in [2.24, 2.45) is 5.18 Å². The molecule has 0 aliphatic heterocycles. The van der Waals surface area contributed by atoms with Gasteiger partial charge in [-0.25, -0.2) is 0 Å². The number of Topliss-reactive ketones (excluding diaryl/α,β-unsaturated/α-hetero) is 1. The Kier molecular flexibility index (Phi) is 5.36. The summed E-state index contributed by atoms with van der Waals surface area (Å²) in [5.41, 5.74) is 0.460. The van der Waals surface area contributed by atoms with Crippen LogP contribution in [0.4, 0.5) is 0 Å². The van der Waals surface area contributed by atoms with Crippen molar-refractivity contribution in [1.82, 2.24) is 0 Å². The van der Waals surface area contributed by atoms with Crippen molar-refractivity contribution in [3.8, 4) is 0 Å². The summed E-state index contributed by atoms with van der Waals surface area (Å²) in [4.78, 5) is 34.3. The summed E-state index contributed by atoms with van der Waals surface area (Å²) in [5, 5.41) is 4.88. The van der Waals surface area contributed by atoms with E-state index >= 15 is 0 Å². The standard InChI is InChI=1S/C17H17NO4/c1-22-16(19)8-4-7-15(18-21)17(20)14-10-9-12-5-2-3-6-13(12)11-14/h2-3,5-6,9-11,15H,4,7-8H2,1H3. The Bertz CT molecular complexity index is 696. The zero-order valence-corrected chi connectivity index (χ0v) is 12.3. The predicted molar refractivity (Wildman–Crippen MR) is 83.7 cm³/mol. The molecule has 0 aromatic heterocycles. The zero-order chi connectivity index (χ0) is 15.9. The van der Waals surface area contributed by atoms with Gasteiger partial charge in [0.2, 0.25) is 0 Å². The van der Waals surface area contributed by atoms with Gasteiger partial charge in [0, 0.05) is 12.0 Å². The van der Waals surface area contributed by atoms with Crippen LogP contribution < -0.4 is 0 Å². The number of carbonyl (C=O) groups excluding carboxylic acids is 2. The van der Waals surface area contributed by atoms with Crippen LogP contribution in [-0.2, 0) is 9.53 Å². The number of nitrogens with zero attached hydrogens (tertiary/aromatic N) is 1. The molecule has 2 rings (SSSR count). The van der Waals surface area contributed by atoms with Gasteiger partial charge in [0.25, 0.3) is 0 Å². The average Bonchev–Trinajstić information content (AvgIpc) is 2.57. The van der Waals surface area contributed by atoms with Crippen LogP contribution in [0.1, 0.15) is 29.6 Å². The SMILES string of the molecule is COC(=O)CCCC(N=O)C(=O)c1ccc2ccccc2c1. The van der Waals surface area contributed by atoms with E-state index in [0.717, 1.165) is 10.8 Å². The summed E-state index contributed by atoms with van der Waals surface area (Å²) in [6, 6.07) is 12.0. The second kappa shape index (κ2) is 7.45. The minimum absolute atomic E-state index is 0.174. The number of benzene rings is 2. The first kappa shape index (κ1) is 15.8. The summed E-state index contributed by atoms with van der Waals surface area (Å²) in [6.45, 7) is 0. The van der Waals surface area contributed by atoms with Gasteiger partial charge < -0.3 is 4.74 Å². The van der Waals surface area contributed by atoms with E-state index < -0.39 is 6.04 Å². The minimum atomic E-state index is -0.967. The maximum Gasteiger partial charge on any atom is 0.305 e. The fourth-order valence-corrected chi connectivity index (χ4v) is 2.31. The lowest BCUT2D eigenvalue weighted by atomic mass is 9.98. The lowest BCUT2D eigenvalue weighted by molar-refractivity contribution is -0.140. The van der Waals surface area contributed by atoms with E-state index in [0.29, 0.717) is 12.0 Å². The number of hydrogen-bond donors (Lipinski definition) is 0. The van der Waals surface area contributed by atoms with E-state index in [-0.39, 0.29) is 24.6 Å². The highest BCUT2D eigenvalue weighted by Gasteiger charge is 2.21. The third-order valence-corrected chi connectivity index (χ3v) is 3.55. The molecule has 114 valence electrons. The Balaban J connectivity index is 2.09. The molecule has 0 N–H and O–H groups in total. The van der Waals surface area contributed by atoms with Crippen molar-refractivity contribution >= 4 is 22.5 Å². The first-order chi connectivity index (χ1) is 10.7. The van der Waals surface area contributed by atoms with E-state index in [1.807, 2.05) is 30.3 Å². The molecule has 22 heavy (non-hydrogen) atoms. The lowest BCUT2D eigenvalue weighted by Crippen LogP contribution is -2.18. The molecule has 0 fully saturated rings. The van der Waals surface area contributed by atoms with Crippen LogP contribution in [0.15, 0.2) is 47.6 Å². The van der Waals surface area contributed by atoms with Gasteiger partial charge in [-0.15, -0.1) is 0 Å². The van der Waals surface area contributed by atoms with Crippen LogP contribution in [-0.4, -0.2) is 24.9 Å². The topological polar surface area (TPSA) is 72.8 Å². The molecule has 0 heterocycles. The van der Waals surface area contributed by atoms with Crippen LogP contribution in [0, 0.1) is 4.91 Å². The molecule has 0 saturated heterocycles. The Morgan fingerprint density at radius 1 is 1.14 bits per heavy atom. The number of nitroso groups, excluding NO2 is 1. The highest BCUT2D eigenvalue weighted by Crippen LogP contribution is 2.19. The molecule has 5 heteroatoms. The molecule has 2 aromatic rings. The van der Waals surface area contributed by atoms with Gasteiger partial charge in [-0.3, -0.25) is 9.59 Å². The monoisotopic (exact) mass is 299 g/mol. The zero-order valence-electron chi connectivity index (χ0n) is 12.3. The first-order valence-electron chi connectivity index (χ1n) is 7.08. The van der Waals surface area contributed by atoms with E-state index in [1.54, 1.807) is 12.1 Å². The highest BCUT2D eigenvalue weighted by molar-refractivity contribution is 6.03. The van der Waals surface area contributed by atoms with Gasteiger partial charge in [0.05, 0.1) is 7.11 Å². The Morgan fingerprint density at radius 2 is 1.86 bits per heavy atom. The van der Waals surface area contributed by atoms with Crippen LogP contribution in [0.25, 0.3) is 10.8 Å². The summed E-state index contributed by atoms with van der Waals surface area (Å²) >= 11 is 0. The van der Waals surface area contributed by atoms with Crippen molar-refractivity contribution in [3.05, 3.63) is 52.9 Å². The summed E-state index contributed by atoms with van der Waals surface area (Å²) in [5.74, 6) is -0.673. The Labute approximate surface area is 128 Å². The number of ketones is 1. The van der Waals surface area contributed by atoms with Gasteiger partial charge in [-0.05, 0) is 29.7 Å². The van der Waals surface area contributed by atoms with Gasteiger partial charge >= 0.3 is 5.97 Å². The fourth-order valence-electron chi connectivity index (χ4n) is 2.31. The van der Waals surface area contributed by atoms with E-state index in [9.17, 15) is 14.5 Å². The smallest absolute Gasteiger partial charge is 0.305 e. The maximum absolute atomic E-state index is 12.4. The van der Waals surface area contributed by atoms with Gasteiger partial charge in [0.15, 0.2) is 11.8 Å². The Morgan fingerprint density at radius 3 is 2.55 bits per heavy atom. The normalized spacial score (nSPS) is 11.9.